The SMILES string of the molecule is C[C@H](CCCO)C1CCC2C3C(CCC21C)C1(C)CCC2(C[C@@H]1C[C@H]3O)OCCO2. The summed E-state index contributed by atoms with van der Waals surface area (Å²) in [5.41, 5.74) is 0.695. The number of fused-ring (bicyclic) bond motifs is 5. The second-order valence-electron chi connectivity index (χ2n) is 12.2. The normalized spacial score (nSPS) is 50.7. The van der Waals surface area contributed by atoms with Crippen LogP contribution in [-0.4, -0.2) is 41.9 Å². The van der Waals surface area contributed by atoms with Crippen LogP contribution in [0.1, 0.15) is 85.0 Å². The highest BCUT2D eigenvalue weighted by Gasteiger charge is 2.64. The van der Waals surface area contributed by atoms with Crippen LogP contribution in [0, 0.1) is 46.3 Å². The van der Waals surface area contributed by atoms with Gasteiger partial charge in [0, 0.05) is 19.4 Å². The van der Waals surface area contributed by atoms with Crippen LogP contribution in [0.15, 0.2) is 0 Å². The fourth-order valence-electron chi connectivity index (χ4n) is 9.51. The molecule has 4 saturated carbocycles. The first-order valence-electron chi connectivity index (χ1n) is 12.9. The molecule has 1 heterocycles. The molecular weight excluding hydrogens is 376 g/mol. The van der Waals surface area contributed by atoms with E-state index in [1.807, 2.05) is 0 Å². The third-order valence-electron chi connectivity index (χ3n) is 11.1. The van der Waals surface area contributed by atoms with E-state index in [2.05, 4.69) is 20.8 Å². The van der Waals surface area contributed by atoms with Gasteiger partial charge in [0.25, 0.3) is 0 Å². The summed E-state index contributed by atoms with van der Waals surface area (Å²) in [6, 6.07) is 0. The molecule has 5 fully saturated rings. The van der Waals surface area contributed by atoms with E-state index < -0.39 is 0 Å². The molecule has 0 bridgehead atoms. The molecule has 0 aromatic rings. The van der Waals surface area contributed by atoms with Gasteiger partial charge in [-0.15, -0.1) is 0 Å². The van der Waals surface area contributed by atoms with Crippen LogP contribution in [-0.2, 0) is 9.47 Å². The van der Waals surface area contributed by atoms with Gasteiger partial charge in [-0.3, -0.25) is 0 Å². The lowest BCUT2D eigenvalue weighted by molar-refractivity contribution is -0.243. The summed E-state index contributed by atoms with van der Waals surface area (Å²) in [6.45, 7) is 9.29. The molecule has 4 nitrogen and oxygen atoms in total. The lowest BCUT2D eigenvalue weighted by Crippen LogP contribution is -2.60. The molecule has 1 saturated heterocycles. The Morgan fingerprint density at radius 3 is 2.43 bits per heavy atom. The van der Waals surface area contributed by atoms with Gasteiger partial charge in [0.2, 0.25) is 0 Å². The Morgan fingerprint density at radius 2 is 1.70 bits per heavy atom. The molecule has 30 heavy (non-hydrogen) atoms. The van der Waals surface area contributed by atoms with Crippen molar-refractivity contribution in [2.45, 2.75) is 96.9 Å². The maximum absolute atomic E-state index is 11.5. The Morgan fingerprint density at radius 1 is 0.967 bits per heavy atom. The smallest absolute Gasteiger partial charge is 0.168 e. The van der Waals surface area contributed by atoms with Crippen LogP contribution in [0.25, 0.3) is 0 Å². The van der Waals surface area contributed by atoms with Gasteiger partial charge in [0.15, 0.2) is 5.79 Å². The van der Waals surface area contributed by atoms with Gasteiger partial charge in [-0.25, -0.2) is 0 Å². The third-order valence-corrected chi connectivity index (χ3v) is 11.1. The van der Waals surface area contributed by atoms with Gasteiger partial charge in [-0.05, 0) is 97.7 Å². The molecule has 5 aliphatic rings. The molecule has 1 spiro atoms. The Hall–Kier alpha value is -0.160. The minimum absolute atomic E-state index is 0.166. The molecule has 4 aliphatic carbocycles. The Kier molecular flexibility index (Phi) is 5.57. The van der Waals surface area contributed by atoms with Crippen molar-refractivity contribution in [3.63, 3.8) is 0 Å². The monoisotopic (exact) mass is 420 g/mol. The molecule has 0 aromatic carbocycles. The average Bonchev–Trinajstić information content (AvgIpc) is 3.32. The summed E-state index contributed by atoms with van der Waals surface area (Å²) in [5.74, 6) is 3.39. The molecule has 2 N–H and O–H groups in total. The minimum atomic E-state index is -0.347. The van der Waals surface area contributed by atoms with Crippen LogP contribution < -0.4 is 0 Å². The molecule has 1 aliphatic heterocycles. The summed E-state index contributed by atoms with van der Waals surface area (Å²) >= 11 is 0. The molecular formula is C26H44O4. The first-order valence-corrected chi connectivity index (χ1v) is 12.9. The highest BCUT2D eigenvalue weighted by molar-refractivity contribution is 5.12. The highest BCUT2D eigenvalue weighted by atomic mass is 16.7. The van der Waals surface area contributed by atoms with Crippen LogP contribution in [0.3, 0.4) is 0 Å². The molecule has 172 valence electrons. The standard InChI is InChI=1S/C26H44O4/c1-17(5-4-12-27)19-6-7-20-23-21(8-9-25(19,20)3)24(2)10-11-26(29-13-14-30-26)16-18(24)15-22(23)28/h17-23,27-28H,4-16H2,1-3H3/t17-,18+,19?,20?,21?,22-,23?,24?,25?/m1/s1. The van der Waals surface area contributed by atoms with E-state index in [1.54, 1.807) is 0 Å². The first-order chi connectivity index (χ1) is 14.3. The summed E-state index contributed by atoms with van der Waals surface area (Å²) in [4.78, 5) is 0. The summed E-state index contributed by atoms with van der Waals surface area (Å²) in [5, 5.41) is 20.8. The van der Waals surface area contributed by atoms with Gasteiger partial charge in [0.1, 0.15) is 0 Å². The average molecular weight is 421 g/mol. The van der Waals surface area contributed by atoms with E-state index in [0.29, 0.717) is 47.0 Å². The number of rotatable bonds is 4. The Bertz CT molecular complexity index is 631. The Labute approximate surface area is 183 Å². The van der Waals surface area contributed by atoms with E-state index >= 15 is 0 Å². The molecule has 5 rings (SSSR count). The van der Waals surface area contributed by atoms with E-state index in [4.69, 9.17) is 9.47 Å². The second kappa shape index (κ2) is 7.71. The molecule has 4 heteroatoms. The molecule has 0 aromatic heterocycles. The van der Waals surface area contributed by atoms with Crippen molar-refractivity contribution >= 4 is 0 Å². The van der Waals surface area contributed by atoms with Crippen molar-refractivity contribution in [1.29, 1.82) is 0 Å². The lowest BCUT2D eigenvalue weighted by atomic mass is 9.43. The van der Waals surface area contributed by atoms with Crippen LogP contribution in [0.4, 0.5) is 0 Å². The van der Waals surface area contributed by atoms with E-state index in [9.17, 15) is 10.2 Å². The van der Waals surface area contributed by atoms with Crippen LogP contribution in [0.5, 0.6) is 0 Å². The van der Waals surface area contributed by atoms with Crippen molar-refractivity contribution in [1.82, 2.24) is 0 Å². The Balaban J connectivity index is 1.37. The van der Waals surface area contributed by atoms with Crippen molar-refractivity contribution < 1.29 is 19.7 Å². The van der Waals surface area contributed by atoms with Gasteiger partial charge in [0.05, 0.1) is 19.3 Å². The van der Waals surface area contributed by atoms with Crippen molar-refractivity contribution in [3.05, 3.63) is 0 Å². The van der Waals surface area contributed by atoms with Crippen LogP contribution >= 0.6 is 0 Å². The maximum Gasteiger partial charge on any atom is 0.168 e. The van der Waals surface area contributed by atoms with Gasteiger partial charge < -0.3 is 19.7 Å². The molecule has 6 unspecified atom stereocenters. The molecule has 9 atom stereocenters. The topological polar surface area (TPSA) is 58.9 Å². The molecule has 0 amide bonds. The number of hydrogen-bond acceptors (Lipinski definition) is 4. The number of hydrogen-bond donors (Lipinski definition) is 2. The predicted molar refractivity (Wildman–Crippen MR) is 117 cm³/mol. The second-order valence-corrected chi connectivity index (χ2v) is 12.2. The fourth-order valence-corrected chi connectivity index (χ4v) is 9.51. The third kappa shape index (κ3) is 3.15. The van der Waals surface area contributed by atoms with Gasteiger partial charge >= 0.3 is 0 Å². The zero-order valence-electron chi connectivity index (χ0n) is 19.4. The zero-order valence-corrected chi connectivity index (χ0v) is 19.4. The first kappa shape index (κ1) is 21.7. The fraction of sp³-hybridized carbons (Fsp3) is 1.00. The van der Waals surface area contributed by atoms with Gasteiger partial charge in [-0.2, -0.15) is 0 Å². The highest BCUT2D eigenvalue weighted by Crippen LogP contribution is 2.69. The van der Waals surface area contributed by atoms with Gasteiger partial charge in [-0.1, -0.05) is 20.8 Å². The molecule has 0 radical (unpaired) electrons. The number of ether oxygens (including phenoxy) is 2. The maximum atomic E-state index is 11.5. The summed E-state index contributed by atoms with van der Waals surface area (Å²) in [6.07, 6.45) is 11.2. The number of aliphatic hydroxyl groups excluding tert-OH is 2. The lowest BCUT2D eigenvalue weighted by Gasteiger charge is -2.63. The van der Waals surface area contributed by atoms with E-state index in [0.717, 1.165) is 51.2 Å². The largest absolute Gasteiger partial charge is 0.396 e. The quantitative estimate of drug-likeness (QED) is 0.688. The zero-order chi connectivity index (χ0) is 21.1. The predicted octanol–water partition coefficient (Wildman–Crippen LogP) is 4.77. The van der Waals surface area contributed by atoms with Crippen molar-refractivity contribution in [3.8, 4) is 0 Å². The summed E-state index contributed by atoms with van der Waals surface area (Å²) in [7, 11) is 0. The summed E-state index contributed by atoms with van der Waals surface area (Å²) < 4.78 is 12.2. The van der Waals surface area contributed by atoms with Crippen LogP contribution in [0.2, 0.25) is 0 Å². The van der Waals surface area contributed by atoms with E-state index in [-0.39, 0.29) is 11.9 Å². The van der Waals surface area contributed by atoms with Crippen molar-refractivity contribution in [2.24, 2.45) is 46.3 Å². The number of aliphatic hydroxyl groups is 2. The van der Waals surface area contributed by atoms with Crippen molar-refractivity contribution in [2.75, 3.05) is 19.8 Å². The van der Waals surface area contributed by atoms with E-state index in [1.165, 1.54) is 32.1 Å². The minimum Gasteiger partial charge on any atom is -0.396 e.